The lowest BCUT2D eigenvalue weighted by atomic mass is 10.1. The van der Waals surface area contributed by atoms with E-state index in [4.69, 9.17) is 5.26 Å². The molecular weight excluding hydrogens is 242 g/mol. The second kappa shape index (κ2) is 5.53. The number of nitriles is 1. The van der Waals surface area contributed by atoms with E-state index in [0.29, 0.717) is 30.5 Å². The van der Waals surface area contributed by atoms with Crippen LogP contribution in [0.15, 0.2) is 18.2 Å². The quantitative estimate of drug-likeness (QED) is 0.859. The van der Waals surface area contributed by atoms with E-state index in [1.807, 2.05) is 6.92 Å². The summed E-state index contributed by atoms with van der Waals surface area (Å²) in [5.74, 6) is -0.269. The van der Waals surface area contributed by atoms with Gasteiger partial charge in [-0.05, 0) is 24.1 Å². The summed E-state index contributed by atoms with van der Waals surface area (Å²) in [6, 6.07) is 7.08. The number of nitrogens with zero attached hydrogens (tertiary/aromatic N) is 1. The summed E-state index contributed by atoms with van der Waals surface area (Å²) in [4.78, 5) is 23.3. The zero-order valence-electron chi connectivity index (χ0n) is 10.7. The van der Waals surface area contributed by atoms with Crippen molar-refractivity contribution in [1.82, 2.24) is 5.32 Å². The molecule has 98 valence electrons. The Morgan fingerprint density at radius 1 is 1.58 bits per heavy atom. The molecule has 5 heteroatoms. The molecule has 1 unspecified atom stereocenters. The Balaban J connectivity index is 2.10. The largest absolute Gasteiger partial charge is 0.348 e. The Bertz CT molecular complexity index is 560. The summed E-state index contributed by atoms with van der Waals surface area (Å²) in [5, 5.41) is 14.2. The molecule has 1 aromatic carbocycles. The van der Waals surface area contributed by atoms with Crippen molar-refractivity contribution in [3.05, 3.63) is 29.3 Å². The zero-order valence-corrected chi connectivity index (χ0v) is 10.7. The highest BCUT2D eigenvalue weighted by Gasteiger charge is 2.19. The van der Waals surface area contributed by atoms with Crippen LogP contribution in [0.2, 0.25) is 0 Å². The third-order valence-electron chi connectivity index (χ3n) is 3.16. The Morgan fingerprint density at radius 3 is 3.05 bits per heavy atom. The van der Waals surface area contributed by atoms with Crippen LogP contribution in [-0.4, -0.2) is 17.9 Å². The fourth-order valence-electron chi connectivity index (χ4n) is 2.03. The first-order valence-electron chi connectivity index (χ1n) is 6.24. The van der Waals surface area contributed by atoms with Crippen LogP contribution in [-0.2, 0) is 11.2 Å². The molecule has 1 aliphatic rings. The van der Waals surface area contributed by atoms with Crippen LogP contribution in [0.5, 0.6) is 0 Å². The minimum absolute atomic E-state index is 0.0523. The third kappa shape index (κ3) is 2.91. The Labute approximate surface area is 111 Å². The average molecular weight is 257 g/mol. The molecule has 2 rings (SSSR count). The van der Waals surface area contributed by atoms with Crippen molar-refractivity contribution in [1.29, 1.82) is 5.26 Å². The summed E-state index contributed by atoms with van der Waals surface area (Å²) >= 11 is 0. The smallest absolute Gasteiger partial charge is 0.251 e. The molecule has 1 aromatic rings. The number of rotatable bonds is 4. The van der Waals surface area contributed by atoms with Crippen LogP contribution in [0.1, 0.15) is 35.7 Å². The average Bonchev–Trinajstić information content (AvgIpc) is 2.76. The minimum atomic E-state index is -0.217. The van der Waals surface area contributed by atoms with Crippen LogP contribution in [0.25, 0.3) is 0 Å². The molecule has 2 amide bonds. The summed E-state index contributed by atoms with van der Waals surface area (Å²) in [6.45, 7) is 1.92. The van der Waals surface area contributed by atoms with Gasteiger partial charge < -0.3 is 10.6 Å². The number of carbonyl (C=O) groups is 2. The number of carbonyl (C=O) groups excluding carboxylic acids is 2. The van der Waals surface area contributed by atoms with Crippen LogP contribution >= 0.6 is 0 Å². The minimum Gasteiger partial charge on any atom is -0.348 e. The van der Waals surface area contributed by atoms with E-state index in [0.717, 1.165) is 5.56 Å². The number of benzene rings is 1. The van der Waals surface area contributed by atoms with Gasteiger partial charge >= 0.3 is 0 Å². The lowest BCUT2D eigenvalue weighted by Gasteiger charge is -2.13. The molecule has 0 radical (unpaired) electrons. The van der Waals surface area contributed by atoms with Crippen molar-refractivity contribution in [3.63, 3.8) is 0 Å². The molecule has 0 aliphatic carbocycles. The van der Waals surface area contributed by atoms with Gasteiger partial charge in [0.25, 0.3) is 5.91 Å². The number of nitrogens with one attached hydrogen (secondary N) is 2. The standard InChI is InChI=1S/C14H15N3O2/c1-2-11(5-6-15)16-14(19)10-4-3-9-8-13(18)17-12(9)7-10/h3-4,7,11H,2,5,8H2,1H3,(H,16,19)(H,17,18). The second-order valence-corrected chi connectivity index (χ2v) is 4.54. The van der Waals surface area contributed by atoms with E-state index in [2.05, 4.69) is 16.7 Å². The molecule has 0 fully saturated rings. The first-order valence-corrected chi connectivity index (χ1v) is 6.24. The van der Waals surface area contributed by atoms with Crippen LogP contribution in [0.3, 0.4) is 0 Å². The van der Waals surface area contributed by atoms with E-state index in [1.54, 1.807) is 18.2 Å². The Kier molecular flexibility index (Phi) is 3.81. The third-order valence-corrected chi connectivity index (χ3v) is 3.16. The Hall–Kier alpha value is -2.35. The van der Waals surface area contributed by atoms with Crippen molar-refractivity contribution in [2.45, 2.75) is 32.2 Å². The fraction of sp³-hybridized carbons (Fsp3) is 0.357. The fourth-order valence-corrected chi connectivity index (χ4v) is 2.03. The summed E-state index contributed by atoms with van der Waals surface area (Å²) < 4.78 is 0. The molecule has 0 spiro atoms. The van der Waals surface area contributed by atoms with Gasteiger partial charge in [0.1, 0.15) is 0 Å². The summed E-state index contributed by atoms with van der Waals surface area (Å²) in [6.07, 6.45) is 1.37. The van der Waals surface area contributed by atoms with E-state index >= 15 is 0 Å². The molecule has 0 saturated heterocycles. The molecule has 0 bridgehead atoms. The molecule has 2 N–H and O–H groups in total. The van der Waals surface area contributed by atoms with Gasteiger partial charge in [0.15, 0.2) is 0 Å². The van der Waals surface area contributed by atoms with Gasteiger partial charge in [0, 0.05) is 17.3 Å². The van der Waals surface area contributed by atoms with Gasteiger partial charge in [-0.1, -0.05) is 13.0 Å². The van der Waals surface area contributed by atoms with Gasteiger partial charge in [-0.3, -0.25) is 9.59 Å². The first kappa shape index (κ1) is 13.1. The molecule has 19 heavy (non-hydrogen) atoms. The van der Waals surface area contributed by atoms with Gasteiger partial charge in [0.2, 0.25) is 5.91 Å². The summed E-state index contributed by atoms with van der Waals surface area (Å²) in [5.41, 5.74) is 2.11. The van der Waals surface area contributed by atoms with Crippen molar-refractivity contribution >= 4 is 17.5 Å². The van der Waals surface area contributed by atoms with Gasteiger partial charge in [-0.2, -0.15) is 5.26 Å². The van der Waals surface area contributed by atoms with E-state index in [-0.39, 0.29) is 17.9 Å². The van der Waals surface area contributed by atoms with Crippen molar-refractivity contribution < 1.29 is 9.59 Å². The number of hydrogen-bond donors (Lipinski definition) is 2. The zero-order chi connectivity index (χ0) is 13.8. The maximum atomic E-state index is 12.0. The van der Waals surface area contributed by atoms with Crippen molar-refractivity contribution in [2.75, 3.05) is 5.32 Å². The Morgan fingerprint density at radius 2 is 2.37 bits per heavy atom. The molecule has 5 nitrogen and oxygen atoms in total. The number of anilines is 1. The molecule has 1 heterocycles. The predicted molar refractivity (Wildman–Crippen MR) is 70.6 cm³/mol. The van der Waals surface area contributed by atoms with E-state index in [1.165, 1.54) is 0 Å². The van der Waals surface area contributed by atoms with Gasteiger partial charge in [-0.15, -0.1) is 0 Å². The molecule has 1 atom stereocenters. The highest BCUT2D eigenvalue weighted by Crippen LogP contribution is 2.24. The number of hydrogen-bond acceptors (Lipinski definition) is 3. The maximum Gasteiger partial charge on any atom is 0.251 e. The van der Waals surface area contributed by atoms with Crippen molar-refractivity contribution in [2.24, 2.45) is 0 Å². The van der Waals surface area contributed by atoms with Crippen LogP contribution in [0.4, 0.5) is 5.69 Å². The van der Waals surface area contributed by atoms with Gasteiger partial charge in [0.05, 0.1) is 18.9 Å². The normalized spacial score (nSPS) is 14.2. The first-order chi connectivity index (χ1) is 9.13. The second-order valence-electron chi connectivity index (χ2n) is 4.54. The highest BCUT2D eigenvalue weighted by molar-refractivity contribution is 6.02. The van der Waals surface area contributed by atoms with E-state index < -0.39 is 0 Å². The topological polar surface area (TPSA) is 82.0 Å². The molecule has 0 aromatic heterocycles. The molecule has 0 saturated carbocycles. The maximum absolute atomic E-state index is 12.0. The predicted octanol–water partition coefficient (Wildman–Crippen LogP) is 1.60. The van der Waals surface area contributed by atoms with Crippen LogP contribution in [0, 0.1) is 11.3 Å². The number of fused-ring (bicyclic) bond motifs is 1. The van der Waals surface area contributed by atoms with Crippen molar-refractivity contribution in [3.8, 4) is 6.07 Å². The monoisotopic (exact) mass is 257 g/mol. The lowest BCUT2D eigenvalue weighted by molar-refractivity contribution is -0.115. The van der Waals surface area contributed by atoms with Crippen LogP contribution < -0.4 is 10.6 Å². The lowest BCUT2D eigenvalue weighted by Crippen LogP contribution is -2.34. The van der Waals surface area contributed by atoms with E-state index in [9.17, 15) is 9.59 Å². The molecular formula is C14H15N3O2. The number of amides is 2. The SMILES string of the molecule is CCC(CC#N)NC(=O)c1ccc2c(c1)NC(=O)C2. The molecule has 1 aliphatic heterocycles. The highest BCUT2D eigenvalue weighted by atomic mass is 16.2. The van der Waals surface area contributed by atoms with Gasteiger partial charge in [-0.25, -0.2) is 0 Å². The summed E-state index contributed by atoms with van der Waals surface area (Å²) in [7, 11) is 0.